The number of carbonyl (C=O) groups is 2. The van der Waals surface area contributed by atoms with Gasteiger partial charge in [-0.15, -0.1) is 0 Å². The summed E-state index contributed by atoms with van der Waals surface area (Å²) in [7, 11) is 1.52. The fourth-order valence-electron chi connectivity index (χ4n) is 8.89. The first-order chi connectivity index (χ1) is 15.8. The third-order valence-corrected chi connectivity index (χ3v) is 11.6. The van der Waals surface area contributed by atoms with Gasteiger partial charge in [-0.25, -0.2) is 0 Å². The lowest BCUT2D eigenvalue weighted by Gasteiger charge is -2.70. The standard InChI is InChI=1S/C30H40O4/c1-18-19-8-9-22-28(4,20(19)16-21(31)24(18)32)13-15-30(6)23-17-27(3,25(33)34-7)11-10-26(23,2)12-14-29(22,30)5/h8-9,16,23,32H,10-15,17H2,1-7H3/t23-,26+,27+,28-,29+,30+/m0/s1. The second kappa shape index (κ2) is 6.98. The molecule has 0 aromatic heterocycles. The summed E-state index contributed by atoms with van der Waals surface area (Å²) in [4.78, 5) is 25.5. The molecule has 0 saturated heterocycles. The maximum Gasteiger partial charge on any atom is 0.311 e. The molecule has 34 heavy (non-hydrogen) atoms. The number of aliphatic hydroxyl groups excluding tert-OH is 1. The first kappa shape index (κ1) is 23.6. The molecule has 0 aromatic carbocycles. The van der Waals surface area contributed by atoms with Crippen LogP contribution in [0.4, 0.5) is 0 Å². The van der Waals surface area contributed by atoms with Crippen LogP contribution in [0, 0.1) is 33.0 Å². The molecule has 0 bridgehead atoms. The molecule has 3 saturated carbocycles. The largest absolute Gasteiger partial charge is 0.504 e. The Bertz CT molecular complexity index is 1120. The molecule has 0 unspecified atom stereocenters. The van der Waals surface area contributed by atoms with Crippen LogP contribution in [0.25, 0.3) is 0 Å². The zero-order chi connectivity index (χ0) is 24.9. The van der Waals surface area contributed by atoms with Gasteiger partial charge in [0.1, 0.15) is 0 Å². The van der Waals surface area contributed by atoms with E-state index in [0.717, 1.165) is 56.1 Å². The number of hydrogen-bond donors (Lipinski definition) is 1. The first-order valence-electron chi connectivity index (χ1n) is 12.9. The van der Waals surface area contributed by atoms with Crippen LogP contribution in [0.1, 0.15) is 86.5 Å². The fraction of sp³-hybridized carbons (Fsp3) is 0.667. The highest BCUT2D eigenvalue weighted by molar-refractivity contribution is 6.06. The van der Waals surface area contributed by atoms with Crippen LogP contribution in [-0.2, 0) is 14.3 Å². The highest BCUT2D eigenvalue weighted by Crippen LogP contribution is 2.75. The van der Waals surface area contributed by atoms with E-state index in [1.165, 1.54) is 12.7 Å². The van der Waals surface area contributed by atoms with Crippen molar-refractivity contribution in [3.05, 3.63) is 46.3 Å². The highest BCUT2D eigenvalue weighted by atomic mass is 16.5. The Labute approximate surface area is 204 Å². The summed E-state index contributed by atoms with van der Waals surface area (Å²) in [5.41, 5.74) is 3.82. The van der Waals surface area contributed by atoms with Crippen LogP contribution < -0.4 is 0 Å². The molecule has 5 rings (SSSR count). The van der Waals surface area contributed by atoms with Gasteiger partial charge in [-0.05, 0) is 98.2 Å². The highest BCUT2D eigenvalue weighted by Gasteiger charge is 2.67. The lowest BCUT2D eigenvalue weighted by atomic mass is 9.34. The molecule has 0 spiro atoms. The summed E-state index contributed by atoms with van der Waals surface area (Å²) < 4.78 is 5.27. The number of allylic oxidation sites excluding steroid dienone is 7. The fourth-order valence-corrected chi connectivity index (χ4v) is 8.89. The van der Waals surface area contributed by atoms with E-state index in [0.29, 0.717) is 11.5 Å². The molecule has 1 N–H and O–H groups in total. The molecule has 4 nitrogen and oxygen atoms in total. The maximum atomic E-state index is 12.8. The van der Waals surface area contributed by atoms with Crippen LogP contribution in [0.15, 0.2) is 46.3 Å². The number of fused-ring (bicyclic) bond motifs is 7. The van der Waals surface area contributed by atoms with Crippen LogP contribution in [0.5, 0.6) is 0 Å². The van der Waals surface area contributed by atoms with Gasteiger partial charge in [-0.1, -0.05) is 45.4 Å². The van der Waals surface area contributed by atoms with E-state index in [2.05, 4.69) is 46.8 Å². The number of ether oxygens (including phenoxy) is 1. The van der Waals surface area contributed by atoms with E-state index in [1.54, 1.807) is 6.08 Å². The van der Waals surface area contributed by atoms with Gasteiger partial charge in [0.05, 0.1) is 12.5 Å². The van der Waals surface area contributed by atoms with Crippen LogP contribution in [0.2, 0.25) is 0 Å². The number of ketones is 1. The number of hydrogen-bond acceptors (Lipinski definition) is 4. The number of carbonyl (C=O) groups excluding carboxylic acids is 2. The molecule has 0 heterocycles. The summed E-state index contributed by atoms with van der Waals surface area (Å²) in [5, 5.41) is 10.3. The average Bonchev–Trinajstić information content (AvgIpc) is 2.80. The molecular weight excluding hydrogens is 424 g/mol. The molecule has 184 valence electrons. The first-order valence-corrected chi connectivity index (χ1v) is 12.9. The number of esters is 1. The van der Waals surface area contributed by atoms with Crippen molar-refractivity contribution in [3.8, 4) is 0 Å². The van der Waals surface area contributed by atoms with Crippen molar-refractivity contribution < 1.29 is 19.4 Å². The summed E-state index contributed by atoms with van der Waals surface area (Å²) in [6.45, 7) is 13.7. The average molecular weight is 465 g/mol. The molecule has 4 heteroatoms. The van der Waals surface area contributed by atoms with Crippen LogP contribution in [0.3, 0.4) is 0 Å². The van der Waals surface area contributed by atoms with Crippen molar-refractivity contribution in [2.24, 2.45) is 33.0 Å². The number of methoxy groups -OCH3 is 1. The predicted molar refractivity (Wildman–Crippen MR) is 133 cm³/mol. The van der Waals surface area contributed by atoms with Crippen molar-refractivity contribution in [3.63, 3.8) is 0 Å². The molecule has 3 fully saturated rings. The second-order valence-electron chi connectivity index (χ2n) is 13.1. The summed E-state index contributed by atoms with van der Waals surface area (Å²) in [6, 6.07) is 0. The van der Waals surface area contributed by atoms with Gasteiger partial charge in [0.25, 0.3) is 0 Å². The molecule has 0 amide bonds. The van der Waals surface area contributed by atoms with E-state index in [1.807, 2.05) is 6.92 Å². The number of aliphatic hydroxyl groups is 1. The predicted octanol–water partition coefficient (Wildman–Crippen LogP) is 6.79. The third kappa shape index (κ3) is 2.72. The molecule has 0 radical (unpaired) electrons. The van der Waals surface area contributed by atoms with Gasteiger partial charge >= 0.3 is 5.97 Å². The minimum absolute atomic E-state index is 0.0262. The minimum Gasteiger partial charge on any atom is -0.504 e. The molecule has 0 aromatic rings. The molecule has 5 aliphatic carbocycles. The normalized spacial score (nSPS) is 45.7. The van der Waals surface area contributed by atoms with Gasteiger partial charge in [0.2, 0.25) is 5.78 Å². The topological polar surface area (TPSA) is 63.6 Å². The summed E-state index contributed by atoms with van der Waals surface area (Å²) in [6.07, 6.45) is 13.3. The van der Waals surface area contributed by atoms with Gasteiger partial charge in [0.15, 0.2) is 5.76 Å². The van der Waals surface area contributed by atoms with Gasteiger partial charge in [-0.3, -0.25) is 9.59 Å². The Balaban J connectivity index is 1.63. The molecular formula is C30H40O4. The SMILES string of the molecule is COC(=O)[C@]1(C)CC[C@]2(C)CC[C@]3(C)C4=CC=C5C(=CC(=O)C(O)=C5C)[C@]4(C)CC[C@]3(C)[C@H]2C1. The number of rotatable bonds is 1. The van der Waals surface area contributed by atoms with Crippen LogP contribution in [-0.4, -0.2) is 24.0 Å². The molecule has 0 aliphatic heterocycles. The Morgan fingerprint density at radius 3 is 2.35 bits per heavy atom. The quantitative estimate of drug-likeness (QED) is 0.434. The monoisotopic (exact) mass is 464 g/mol. The van der Waals surface area contributed by atoms with Crippen LogP contribution >= 0.6 is 0 Å². The second-order valence-corrected chi connectivity index (χ2v) is 13.1. The van der Waals surface area contributed by atoms with E-state index >= 15 is 0 Å². The Morgan fingerprint density at radius 2 is 1.68 bits per heavy atom. The maximum absolute atomic E-state index is 12.8. The van der Waals surface area contributed by atoms with Crippen molar-refractivity contribution in [2.45, 2.75) is 86.5 Å². The smallest absolute Gasteiger partial charge is 0.311 e. The van der Waals surface area contributed by atoms with E-state index < -0.39 is 5.41 Å². The Morgan fingerprint density at radius 1 is 1.00 bits per heavy atom. The van der Waals surface area contributed by atoms with Crippen molar-refractivity contribution in [2.75, 3.05) is 7.11 Å². The zero-order valence-corrected chi connectivity index (χ0v) is 21.9. The lowest BCUT2D eigenvalue weighted by Crippen LogP contribution is -2.62. The molecule has 5 aliphatic rings. The molecule has 6 atom stereocenters. The van der Waals surface area contributed by atoms with Crippen molar-refractivity contribution in [1.82, 2.24) is 0 Å². The summed E-state index contributed by atoms with van der Waals surface area (Å²) in [5.74, 6) is -0.0356. The zero-order valence-electron chi connectivity index (χ0n) is 21.9. The van der Waals surface area contributed by atoms with Crippen molar-refractivity contribution >= 4 is 11.8 Å². The minimum atomic E-state index is -0.424. The van der Waals surface area contributed by atoms with Gasteiger partial charge in [-0.2, -0.15) is 0 Å². The Kier molecular flexibility index (Phi) is 4.85. The Hall–Kier alpha value is -2.10. The van der Waals surface area contributed by atoms with E-state index in [-0.39, 0.29) is 39.2 Å². The lowest BCUT2D eigenvalue weighted by molar-refractivity contribution is -0.180. The van der Waals surface area contributed by atoms with E-state index in [9.17, 15) is 14.7 Å². The van der Waals surface area contributed by atoms with Crippen molar-refractivity contribution in [1.29, 1.82) is 0 Å². The van der Waals surface area contributed by atoms with Gasteiger partial charge in [0, 0.05) is 11.0 Å². The van der Waals surface area contributed by atoms with Gasteiger partial charge < -0.3 is 9.84 Å². The summed E-state index contributed by atoms with van der Waals surface area (Å²) >= 11 is 0. The van der Waals surface area contributed by atoms with E-state index in [4.69, 9.17) is 4.74 Å². The third-order valence-electron chi connectivity index (χ3n) is 11.6.